The Kier molecular flexibility index (Phi) is 8.25. The van der Waals surface area contributed by atoms with Gasteiger partial charge in [-0.25, -0.2) is 4.79 Å². The van der Waals surface area contributed by atoms with Crippen LogP contribution in [0.3, 0.4) is 0 Å². The standard InChI is InChI=1S/C20H36N4O3.HI/c1-5-21-17(22-11-12-23-18(25)27-19(2,3)4)24-15-14-8-13-26-16(14)20(15)9-6-7-10-20;/h14-16H,5-13H2,1-4H3,(H,23,25)(H2,21,22,24);1H. The Morgan fingerprint density at radius 1 is 1.25 bits per heavy atom. The first-order valence-electron chi connectivity index (χ1n) is 10.5. The molecular weight excluding hydrogens is 471 g/mol. The van der Waals surface area contributed by atoms with Gasteiger partial charge >= 0.3 is 6.09 Å². The van der Waals surface area contributed by atoms with Crippen LogP contribution in [0.5, 0.6) is 0 Å². The smallest absolute Gasteiger partial charge is 0.407 e. The molecule has 3 unspecified atom stereocenters. The first-order chi connectivity index (χ1) is 12.9. The Bertz CT molecular complexity index is 558. The summed E-state index contributed by atoms with van der Waals surface area (Å²) < 4.78 is 11.3. The van der Waals surface area contributed by atoms with E-state index in [2.05, 4.69) is 27.9 Å². The van der Waals surface area contributed by atoms with Gasteiger partial charge in [0.05, 0.1) is 12.6 Å². The van der Waals surface area contributed by atoms with Crippen molar-refractivity contribution in [3.63, 3.8) is 0 Å². The van der Waals surface area contributed by atoms with Crippen LogP contribution in [0, 0.1) is 11.3 Å². The molecule has 3 rings (SSSR count). The minimum absolute atomic E-state index is 0. The molecule has 28 heavy (non-hydrogen) atoms. The first kappa shape index (κ1) is 23.5. The summed E-state index contributed by atoms with van der Waals surface area (Å²) in [6.07, 6.45) is 6.30. The second-order valence-electron chi connectivity index (χ2n) is 9.00. The van der Waals surface area contributed by atoms with Crippen molar-refractivity contribution in [2.75, 3.05) is 26.2 Å². The molecule has 1 spiro atoms. The Balaban J connectivity index is 0.00000280. The topological polar surface area (TPSA) is 84.0 Å². The van der Waals surface area contributed by atoms with E-state index in [4.69, 9.17) is 9.47 Å². The molecule has 0 aromatic carbocycles. The van der Waals surface area contributed by atoms with Crippen LogP contribution in [0.15, 0.2) is 4.99 Å². The number of fused-ring (bicyclic) bond motifs is 2. The van der Waals surface area contributed by atoms with Gasteiger partial charge in [-0.15, -0.1) is 24.0 Å². The summed E-state index contributed by atoms with van der Waals surface area (Å²) in [6.45, 7) is 10.3. The molecule has 1 aliphatic heterocycles. The van der Waals surface area contributed by atoms with E-state index in [1.165, 1.54) is 25.7 Å². The third-order valence-electron chi connectivity index (χ3n) is 5.97. The second-order valence-corrected chi connectivity index (χ2v) is 9.00. The molecule has 1 saturated heterocycles. The van der Waals surface area contributed by atoms with Crippen molar-refractivity contribution in [1.82, 2.24) is 16.0 Å². The summed E-state index contributed by atoms with van der Waals surface area (Å²) in [5.74, 6) is 1.44. The summed E-state index contributed by atoms with van der Waals surface area (Å²) in [7, 11) is 0. The average molecular weight is 508 g/mol. The van der Waals surface area contributed by atoms with Gasteiger partial charge in [-0.05, 0) is 47.0 Å². The lowest BCUT2D eigenvalue weighted by molar-refractivity contribution is -0.125. The SMILES string of the molecule is CCNC(=NCCNC(=O)OC(C)(C)C)NC1C2CCOC2C12CCCC2.I. The molecule has 3 atom stereocenters. The Morgan fingerprint density at radius 2 is 1.96 bits per heavy atom. The monoisotopic (exact) mass is 508 g/mol. The molecule has 0 radical (unpaired) electrons. The fourth-order valence-electron chi connectivity index (χ4n) is 5.01. The summed E-state index contributed by atoms with van der Waals surface area (Å²) in [4.78, 5) is 16.4. The Hall–Kier alpha value is -0.770. The summed E-state index contributed by atoms with van der Waals surface area (Å²) in [5, 5.41) is 9.81. The number of hydrogen-bond acceptors (Lipinski definition) is 4. The van der Waals surface area contributed by atoms with Crippen molar-refractivity contribution in [3.8, 4) is 0 Å². The molecule has 0 aromatic heterocycles. The third kappa shape index (κ3) is 5.23. The zero-order valence-corrected chi connectivity index (χ0v) is 20.0. The predicted octanol–water partition coefficient (Wildman–Crippen LogP) is 3.03. The highest BCUT2D eigenvalue weighted by atomic mass is 127. The molecular formula is C20H37IN4O3. The number of carbonyl (C=O) groups is 1. The number of amides is 1. The van der Waals surface area contributed by atoms with Crippen molar-refractivity contribution in [2.45, 2.75) is 77.5 Å². The minimum Gasteiger partial charge on any atom is -0.444 e. The molecule has 0 bridgehead atoms. The van der Waals surface area contributed by atoms with Gasteiger partial charge in [0.1, 0.15) is 5.60 Å². The zero-order chi connectivity index (χ0) is 19.5. The van der Waals surface area contributed by atoms with Crippen molar-refractivity contribution >= 4 is 36.0 Å². The third-order valence-corrected chi connectivity index (χ3v) is 5.97. The van der Waals surface area contributed by atoms with Gasteiger partial charge in [0.15, 0.2) is 5.96 Å². The first-order valence-corrected chi connectivity index (χ1v) is 10.5. The van der Waals surface area contributed by atoms with Gasteiger partial charge in [-0.3, -0.25) is 4.99 Å². The van der Waals surface area contributed by atoms with E-state index in [-0.39, 0.29) is 24.0 Å². The van der Waals surface area contributed by atoms with Crippen LogP contribution in [0.25, 0.3) is 0 Å². The van der Waals surface area contributed by atoms with Crippen LogP contribution in [-0.4, -0.2) is 56.0 Å². The van der Waals surface area contributed by atoms with Gasteiger partial charge in [0.25, 0.3) is 0 Å². The average Bonchev–Trinajstić information content (AvgIpc) is 3.22. The van der Waals surface area contributed by atoms with Crippen molar-refractivity contribution in [3.05, 3.63) is 0 Å². The number of ether oxygens (including phenoxy) is 2. The molecule has 2 saturated carbocycles. The molecule has 162 valence electrons. The van der Waals surface area contributed by atoms with E-state index in [0.717, 1.165) is 25.5 Å². The van der Waals surface area contributed by atoms with E-state index in [0.29, 0.717) is 36.6 Å². The van der Waals surface area contributed by atoms with Crippen LogP contribution in [0.4, 0.5) is 4.79 Å². The Morgan fingerprint density at radius 3 is 2.61 bits per heavy atom. The summed E-state index contributed by atoms with van der Waals surface area (Å²) in [6, 6.07) is 0.448. The fourth-order valence-corrected chi connectivity index (χ4v) is 5.01. The number of nitrogens with one attached hydrogen (secondary N) is 3. The van der Waals surface area contributed by atoms with E-state index < -0.39 is 11.7 Å². The molecule has 8 heteroatoms. The van der Waals surface area contributed by atoms with Crippen molar-refractivity contribution in [1.29, 1.82) is 0 Å². The van der Waals surface area contributed by atoms with Gasteiger partial charge in [0.2, 0.25) is 0 Å². The number of nitrogens with zero attached hydrogens (tertiary/aromatic N) is 1. The fraction of sp³-hybridized carbons (Fsp3) is 0.900. The second kappa shape index (κ2) is 9.82. The number of rotatable bonds is 5. The van der Waals surface area contributed by atoms with E-state index >= 15 is 0 Å². The van der Waals surface area contributed by atoms with Gasteiger partial charge < -0.3 is 25.4 Å². The lowest BCUT2D eigenvalue weighted by atomic mass is 9.54. The highest BCUT2D eigenvalue weighted by molar-refractivity contribution is 14.0. The van der Waals surface area contributed by atoms with Crippen molar-refractivity contribution in [2.24, 2.45) is 16.3 Å². The maximum absolute atomic E-state index is 11.7. The molecule has 2 aliphatic carbocycles. The van der Waals surface area contributed by atoms with Crippen LogP contribution >= 0.6 is 24.0 Å². The largest absolute Gasteiger partial charge is 0.444 e. The Labute approximate surface area is 186 Å². The van der Waals surface area contributed by atoms with E-state index in [1.807, 2.05) is 20.8 Å². The van der Waals surface area contributed by atoms with Gasteiger partial charge in [0, 0.05) is 37.1 Å². The minimum atomic E-state index is -0.483. The lowest BCUT2D eigenvalue weighted by Crippen LogP contribution is -2.69. The highest BCUT2D eigenvalue weighted by Crippen LogP contribution is 2.60. The van der Waals surface area contributed by atoms with E-state index in [9.17, 15) is 4.79 Å². The number of guanidine groups is 1. The van der Waals surface area contributed by atoms with Crippen LogP contribution in [-0.2, 0) is 9.47 Å². The van der Waals surface area contributed by atoms with Crippen molar-refractivity contribution < 1.29 is 14.3 Å². The van der Waals surface area contributed by atoms with E-state index in [1.54, 1.807) is 0 Å². The van der Waals surface area contributed by atoms with Crippen LogP contribution in [0.1, 0.15) is 59.8 Å². The van der Waals surface area contributed by atoms with Gasteiger partial charge in [-0.1, -0.05) is 12.8 Å². The molecule has 1 heterocycles. The molecule has 1 amide bonds. The molecule has 3 fully saturated rings. The quantitative estimate of drug-likeness (QED) is 0.230. The zero-order valence-electron chi connectivity index (χ0n) is 17.7. The number of carbonyl (C=O) groups excluding carboxylic acids is 1. The van der Waals surface area contributed by atoms with Gasteiger partial charge in [-0.2, -0.15) is 0 Å². The molecule has 7 nitrogen and oxygen atoms in total. The number of alkyl carbamates (subject to hydrolysis) is 1. The predicted molar refractivity (Wildman–Crippen MR) is 121 cm³/mol. The molecule has 3 N–H and O–H groups in total. The maximum atomic E-state index is 11.7. The van der Waals surface area contributed by atoms with Crippen LogP contribution in [0.2, 0.25) is 0 Å². The normalized spacial score (nSPS) is 28.1. The highest BCUT2D eigenvalue weighted by Gasteiger charge is 2.65. The summed E-state index contributed by atoms with van der Waals surface area (Å²) in [5.41, 5.74) is -0.185. The summed E-state index contributed by atoms with van der Waals surface area (Å²) >= 11 is 0. The lowest BCUT2D eigenvalue weighted by Gasteiger charge is -2.57. The van der Waals surface area contributed by atoms with Crippen LogP contribution < -0.4 is 16.0 Å². The number of aliphatic imine (C=N–C) groups is 1. The molecule has 0 aromatic rings. The maximum Gasteiger partial charge on any atom is 0.407 e. The number of hydrogen-bond donors (Lipinski definition) is 3. The molecule has 3 aliphatic rings. The number of halogens is 1.